The van der Waals surface area contributed by atoms with E-state index >= 15 is 0 Å². The summed E-state index contributed by atoms with van der Waals surface area (Å²) in [4.78, 5) is 14.3. The average molecular weight is 323 g/mol. The first-order valence-electron chi connectivity index (χ1n) is 6.66. The Morgan fingerprint density at radius 3 is 2.80 bits per heavy atom. The minimum Gasteiger partial charge on any atom is -0.341 e. The number of likely N-dealkylation sites (N-methyl/N-ethyl adjacent to an activating group) is 1. The summed E-state index contributed by atoms with van der Waals surface area (Å²) in [6.45, 7) is 3.96. The maximum Gasteiger partial charge on any atom is 0.247 e. The van der Waals surface area contributed by atoms with Gasteiger partial charge in [-0.15, -0.1) is 24.8 Å². The molecule has 1 amide bonds. The molecule has 0 spiro atoms. The van der Waals surface area contributed by atoms with Crippen LogP contribution in [0.15, 0.2) is 18.5 Å². The third-order valence-electron chi connectivity index (χ3n) is 3.72. The molecule has 1 aliphatic heterocycles. The zero-order valence-electron chi connectivity index (χ0n) is 12.0. The van der Waals surface area contributed by atoms with E-state index in [1.165, 1.54) is 0 Å². The van der Waals surface area contributed by atoms with Crippen LogP contribution in [0.5, 0.6) is 0 Å². The van der Waals surface area contributed by atoms with E-state index in [-0.39, 0.29) is 36.8 Å². The van der Waals surface area contributed by atoms with Gasteiger partial charge in [-0.2, -0.15) is 5.10 Å². The molecule has 2 heterocycles. The number of hydrogen-bond donors (Lipinski definition) is 1. The molecule has 0 aromatic carbocycles. The number of amides is 1. The van der Waals surface area contributed by atoms with Crippen LogP contribution in [0.1, 0.15) is 32.2 Å². The minimum atomic E-state index is -0.221. The van der Waals surface area contributed by atoms with Gasteiger partial charge in [-0.05, 0) is 45.3 Å². The zero-order chi connectivity index (χ0) is 13.0. The van der Waals surface area contributed by atoms with Crippen LogP contribution < -0.4 is 5.32 Å². The maximum atomic E-state index is 12.4. The number of carbonyl (C=O) groups is 1. The van der Waals surface area contributed by atoms with Gasteiger partial charge in [0.15, 0.2) is 0 Å². The number of hydrogen-bond acceptors (Lipinski definition) is 3. The van der Waals surface area contributed by atoms with Gasteiger partial charge in [-0.3, -0.25) is 9.48 Å². The van der Waals surface area contributed by atoms with E-state index in [0.717, 1.165) is 32.4 Å². The summed E-state index contributed by atoms with van der Waals surface area (Å²) in [5, 5.41) is 7.51. The fourth-order valence-corrected chi connectivity index (χ4v) is 2.49. The van der Waals surface area contributed by atoms with Gasteiger partial charge in [0.05, 0.1) is 0 Å². The SMILES string of the molecule is CC(C(=O)N(C)C1CCCNCC1)n1cccn1.Cl.Cl. The molecule has 20 heavy (non-hydrogen) atoms. The molecule has 0 saturated carbocycles. The average Bonchev–Trinajstić information content (AvgIpc) is 2.78. The number of nitrogens with zero attached hydrogens (tertiary/aromatic N) is 3. The zero-order valence-corrected chi connectivity index (χ0v) is 13.6. The van der Waals surface area contributed by atoms with Crippen LogP contribution in [-0.2, 0) is 4.79 Å². The summed E-state index contributed by atoms with van der Waals surface area (Å²) in [6.07, 6.45) is 6.80. The molecule has 7 heteroatoms. The molecule has 0 bridgehead atoms. The molecule has 116 valence electrons. The second-order valence-corrected chi connectivity index (χ2v) is 4.95. The van der Waals surface area contributed by atoms with E-state index in [4.69, 9.17) is 0 Å². The Kier molecular flexibility index (Phi) is 8.85. The molecule has 2 unspecified atom stereocenters. The van der Waals surface area contributed by atoms with Crippen LogP contribution >= 0.6 is 24.8 Å². The van der Waals surface area contributed by atoms with Crippen molar-refractivity contribution in [1.82, 2.24) is 20.0 Å². The van der Waals surface area contributed by atoms with E-state index < -0.39 is 0 Å². The molecule has 1 aliphatic rings. The van der Waals surface area contributed by atoms with Crippen molar-refractivity contribution in [3.05, 3.63) is 18.5 Å². The highest BCUT2D eigenvalue weighted by molar-refractivity contribution is 5.85. The molecule has 1 fully saturated rings. The van der Waals surface area contributed by atoms with Crippen molar-refractivity contribution in [2.45, 2.75) is 38.3 Å². The number of aromatic nitrogens is 2. The highest BCUT2D eigenvalue weighted by Gasteiger charge is 2.25. The van der Waals surface area contributed by atoms with Crippen LogP contribution in [0.2, 0.25) is 0 Å². The van der Waals surface area contributed by atoms with Crippen LogP contribution in [0.3, 0.4) is 0 Å². The first-order valence-corrected chi connectivity index (χ1v) is 6.66. The van der Waals surface area contributed by atoms with Gasteiger partial charge in [0.1, 0.15) is 6.04 Å². The van der Waals surface area contributed by atoms with Gasteiger partial charge in [-0.25, -0.2) is 0 Å². The number of halogens is 2. The fourth-order valence-electron chi connectivity index (χ4n) is 2.49. The van der Waals surface area contributed by atoms with Crippen molar-refractivity contribution in [2.24, 2.45) is 0 Å². The lowest BCUT2D eigenvalue weighted by atomic mass is 10.1. The summed E-state index contributed by atoms with van der Waals surface area (Å²) < 4.78 is 1.72. The molecule has 1 saturated heterocycles. The molecule has 1 aromatic rings. The summed E-state index contributed by atoms with van der Waals surface area (Å²) in [6, 6.07) is 1.98. The van der Waals surface area contributed by atoms with Crippen molar-refractivity contribution < 1.29 is 4.79 Å². The molecule has 1 N–H and O–H groups in total. The summed E-state index contributed by atoms with van der Waals surface area (Å²) in [5.74, 6) is 0.144. The molecule has 0 aliphatic carbocycles. The third kappa shape index (κ3) is 4.65. The Balaban J connectivity index is 0.00000180. The number of carbonyl (C=O) groups excluding carboxylic acids is 1. The Morgan fingerprint density at radius 1 is 1.40 bits per heavy atom. The highest BCUT2D eigenvalue weighted by Crippen LogP contribution is 2.16. The van der Waals surface area contributed by atoms with Crippen molar-refractivity contribution in [3.63, 3.8) is 0 Å². The van der Waals surface area contributed by atoms with E-state index in [0.29, 0.717) is 6.04 Å². The Bertz CT molecular complexity index is 378. The van der Waals surface area contributed by atoms with Gasteiger partial charge in [-0.1, -0.05) is 0 Å². The molecule has 5 nitrogen and oxygen atoms in total. The smallest absolute Gasteiger partial charge is 0.247 e. The molecule has 2 atom stereocenters. The molecule has 2 rings (SSSR count). The Labute approximate surface area is 132 Å². The topological polar surface area (TPSA) is 50.2 Å². The summed E-state index contributed by atoms with van der Waals surface area (Å²) in [7, 11) is 1.92. The lowest BCUT2D eigenvalue weighted by molar-refractivity contribution is -0.135. The third-order valence-corrected chi connectivity index (χ3v) is 3.72. The molecule has 1 aromatic heterocycles. The van der Waals surface area contributed by atoms with E-state index in [1.54, 1.807) is 10.9 Å². The Morgan fingerprint density at radius 2 is 2.15 bits per heavy atom. The number of nitrogens with one attached hydrogen (secondary N) is 1. The quantitative estimate of drug-likeness (QED) is 0.924. The van der Waals surface area contributed by atoms with Crippen molar-refractivity contribution in [3.8, 4) is 0 Å². The van der Waals surface area contributed by atoms with Crippen molar-refractivity contribution >= 4 is 30.7 Å². The van der Waals surface area contributed by atoms with E-state index in [2.05, 4.69) is 10.4 Å². The first-order chi connectivity index (χ1) is 8.70. The van der Waals surface area contributed by atoms with Crippen LogP contribution in [0.4, 0.5) is 0 Å². The summed E-state index contributed by atoms with van der Waals surface area (Å²) in [5.41, 5.74) is 0. The van der Waals surface area contributed by atoms with Gasteiger partial charge in [0.2, 0.25) is 5.91 Å². The van der Waals surface area contributed by atoms with Gasteiger partial charge in [0, 0.05) is 25.5 Å². The van der Waals surface area contributed by atoms with E-state index in [1.807, 2.05) is 31.1 Å². The highest BCUT2D eigenvalue weighted by atomic mass is 35.5. The van der Waals surface area contributed by atoms with Gasteiger partial charge < -0.3 is 10.2 Å². The lowest BCUT2D eigenvalue weighted by Crippen LogP contribution is -2.41. The lowest BCUT2D eigenvalue weighted by Gasteiger charge is -2.29. The first kappa shape index (κ1) is 19.2. The largest absolute Gasteiger partial charge is 0.341 e. The van der Waals surface area contributed by atoms with Crippen molar-refractivity contribution in [2.75, 3.05) is 20.1 Å². The van der Waals surface area contributed by atoms with Crippen LogP contribution in [-0.4, -0.2) is 46.8 Å². The van der Waals surface area contributed by atoms with E-state index in [9.17, 15) is 4.79 Å². The van der Waals surface area contributed by atoms with Gasteiger partial charge >= 0.3 is 0 Å². The molecular formula is C13H24Cl2N4O. The van der Waals surface area contributed by atoms with Crippen molar-refractivity contribution in [1.29, 1.82) is 0 Å². The number of rotatable bonds is 3. The monoisotopic (exact) mass is 322 g/mol. The van der Waals surface area contributed by atoms with Gasteiger partial charge in [0.25, 0.3) is 0 Å². The minimum absolute atomic E-state index is 0. The van der Waals surface area contributed by atoms with Crippen LogP contribution in [0.25, 0.3) is 0 Å². The predicted octanol–water partition coefficient (Wildman–Crippen LogP) is 1.89. The second kappa shape index (κ2) is 9.21. The van der Waals surface area contributed by atoms with Crippen LogP contribution in [0, 0.1) is 0 Å². The second-order valence-electron chi connectivity index (χ2n) is 4.95. The Hall–Kier alpha value is -0.780. The predicted molar refractivity (Wildman–Crippen MR) is 84.7 cm³/mol. The summed E-state index contributed by atoms with van der Waals surface area (Å²) >= 11 is 0. The molecular weight excluding hydrogens is 299 g/mol. The fraction of sp³-hybridized carbons (Fsp3) is 0.692. The molecule has 0 radical (unpaired) electrons. The maximum absolute atomic E-state index is 12.4. The normalized spacial score (nSPS) is 20.0. The standard InChI is InChI=1S/C13H22N4O.2ClH/c1-11(17-10-4-8-15-17)13(18)16(2)12-5-3-7-14-9-6-12;;/h4,8,10-12,14H,3,5-7,9H2,1-2H3;2*1H.